The molecule has 2 aromatic heterocycles. The van der Waals surface area contributed by atoms with Crippen molar-refractivity contribution in [1.29, 1.82) is 0 Å². The van der Waals surface area contributed by atoms with Gasteiger partial charge in [-0.15, -0.1) is 5.10 Å². The van der Waals surface area contributed by atoms with Crippen LogP contribution >= 0.6 is 22.6 Å². The predicted molar refractivity (Wildman–Crippen MR) is 175 cm³/mol. The van der Waals surface area contributed by atoms with Crippen LogP contribution in [0.4, 0.5) is 0 Å². The van der Waals surface area contributed by atoms with E-state index in [1.54, 1.807) is 30.1 Å². The first-order valence-electron chi connectivity index (χ1n) is 14.3. The summed E-state index contributed by atoms with van der Waals surface area (Å²) in [5.41, 5.74) is 2.81. The molecule has 0 spiro atoms. The van der Waals surface area contributed by atoms with Crippen molar-refractivity contribution in [2.75, 3.05) is 13.7 Å². The van der Waals surface area contributed by atoms with E-state index in [0.717, 1.165) is 26.0 Å². The average Bonchev–Trinajstić information content (AvgIpc) is 3.63. The molecule has 11 nitrogen and oxygen atoms in total. The van der Waals surface area contributed by atoms with E-state index in [1.807, 2.05) is 59.7 Å². The van der Waals surface area contributed by atoms with Gasteiger partial charge in [0.05, 0.1) is 23.4 Å². The highest BCUT2D eigenvalue weighted by atomic mass is 127. The van der Waals surface area contributed by atoms with E-state index in [9.17, 15) is 14.7 Å². The summed E-state index contributed by atoms with van der Waals surface area (Å²) in [5.74, 6) is 0.770. The van der Waals surface area contributed by atoms with Gasteiger partial charge in [-0.25, -0.2) is 4.98 Å². The lowest BCUT2D eigenvalue weighted by Gasteiger charge is -2.28. The number of carbonyl (C=O) groups is 2. The van der Waals surface area contributed by atoms with E-state index in [2.05, 4.69) is 48.5 Å². The number of nitrogens with one attached hydrogen (secondary N) is 2. The van der Waals surface area contributed by atoms with E-state index >= 15 is 0 Å². The van der Waals surface area contributed by atoms with Crippen LogP contribution in [-0.2, 0) is 23.9 Å². The smallest absolute Gasteiger partial charge is 0.273 e. The van der Waals surface area contributed by atoms with Crippen molar-refractivity contribution in [2.24, 2.45) is 0 Å². The van der Waals surface area contributed by atoms with E-state index < -0.39 is 0 Å². The van der Waals surface area contributed by atoms with Crippen LogP contribution in [0.1, 0.15) is 85.6 Å². The Morgan fingerprint density at radius 3 is 2.32 bits per heavy atom. The number of phenolic OH excluding ortho intramolecular Hbond substituents is 1. The number of nitrogens with zero attached hydrogens (tertiary/aromatic N) is 4. The quantitative estimate of drug-likeness (QED) is 0.142. The Hall–Kier alpha value is -3.94. The molecule has 0 atom stereocenters. The minimum Gasteiger partial charge on any atom is -0.507 e. The predicted octanol–water partition coefficient (Wildman–Crippen LogP) is 5.60. The van der Waals surface area contributed by atoms with E-state index in [4.69, 9.17) is 9.15 Å². The zero-order chi connectivity index (χ0) is 32.2. The lowest BCUT2D eigenvalue weighted by Crippen LogP contribution is -2.26. The highest BCUT2D eigenvalue weighted by Gasteiger charge is 2.28. The first-order chi connectivity index (χ1) is 20.7. The number of oxazole rings is 1. The molecule has 4 aromatic rings. The van der Waals surface area contributed by atoms with Crippen LogP contribution in [0.2, 0.25) is 0 Å². The molecule has 0 unspecified atom stereocenters. The van der Waals surface area contributed by atoms with Gasteiger partial charge in [0.15, 0.2) is 17.8 Å². The Kier molecular flexibility index (Phi) is 10.0. The monoisotopic (exact) mass is 714 g/mol. The number of aryl methyl sites for hydroxylation is 1. The first-order valence-corrected chi connectivity index (χ1v) is 15.4. The lowest BCUT2D eigenvalue weighted by atomic mass is 9.78. The van der Waals surface area contributed by atoms with Crippen molar-refractivity contribution in [3.05, 3.63) is 74.6 Å². The van der Waals surface area contributed by atoms with Gasteiger partial charge in [-0.3, -0.25) is 14.3 Å². The van der Waals surface area contributed by atoms with Gasteiger partial charge in [-0.05, 0) is 70.2 Å². The van der Waals surface area contributed by atoms with Crippen molar-refractivity contribution in [1.82, 2.24) is 30.6 Å². The number of rotatable bonds is 10. The van der Waals surface area contributed by atoms with Crippen LogP contribution in [0.5, 0.6) is 11.5 Å². The van der Waals surface area contributed by atoms with Crippen molar-refractivity contribution >= 4 is 34.4 Å². The molecule has 3 N–H and O–H groups in total. The number of hydrogen-bond acceptors (Lipinski definition) is 8. The fourth-order valence-electron chi connectivity index (χ4n) is 4.66. The van der Waals surface area contributed by atoms with Crippen molar-refractivity contribution in [3.63, 3.8) is 0 Å². The topological polar surface area (TPSA) is 144 Å². The molecule has 0 bridgehead atoms. The first kappa shape index (κ1) is 33.0. The number of amides is 2. The largest absolute Gasteiger partial charge is 0.507 e. The summed E-state index contributed by atoms with van der Waals surface area (Å²) >= 11 is 2.16. The third kappa shape index (κ3) is 7.76. The summed E-state index contributed by atoms with van der Waals surface area (Å²) in [7, 11) is 1.60. The summed E-state index contributed by atoms with van der Waals surface area (Å²) in [6.45, 7) is 13.2. The fourth-order valence-corrected chi connectivity index (χ4v) is 5.39. The van der Waals surface area contributed by atoms with Crippen molar-refractivity contribution < 1.29 is 23.8 Å². The Labute approximate surface area is 270 Å². The molecule has 0 saturated carbocycles. The van der Waals surface area contributed by atoms with Gasteiger partial charge in [-0.2, -0.15) is 0 Å². The van der Waals surface area contributed by atoms with Crippen molar-refractivity contribution in [3.8, 4) is 22.8 Å². The van der Waals surface area contributed by atoms with Crippen LogP contribution < -0.4 is 15.4 Å². The molecule has 0 aliphatic carbocycles. The van der Waals surface area contributed by atoms with Gasteiger partial charge < -0.3 is 24.9 Å². The van der Waals surface area contributed by atoms with Crippen LogP contribution in [0, 0.1) is 3.57 Å². The minimum atomic E-state index is -0.338. The maximum atomic E-state index is 13.1. The van der Waals surface area contributed by atoms with Gasteiger partial charge in [-0.1, -0.05) is 46.8 Å². The highest BCUT2D eigenvalue weighted by molar-refractivity contribution is 14.1. The Bertz CT molecular complexity index is 1610. The Morgan fingerprint density at radius 1 is 1.02 bits per heavy atom. The molecule has 0 aliphatic heterocycles. The lowest BCUT2D eigenvalue weighted by molar-refractivity contribution is 0.0941. The number of phenols is 1. The molecule has 4 rings (SSSR count). The molecule has 0 radical (unpaired) electrons. The molecule has 2 amide bonds. The molecular weight excluding hydrogens is 675 g/mol. The molecule has 2 heterocycles. The summed E-state index contributed by atoms with van der Waals surface area (Å²) in [4.78, 5) is 30.0. The SMILES string of the molecule is COc1ccc(-c2ocnc2C(=O)NCCCn2cc(CNC(=O)c3cc(C(C)(C)C)c(O)c(C(C)(C)C)c3)nn2)cc1I. The Balaban J connectivity index is 1.30. The molecule has 0 fully saturated rings. The van der Waals surface area contributed by atoms with Gasteiger partial charge >= 0.3 is 0 Å². The summed E-state index contributed by atoms with van der Waals surface area (Å²) < 4.78 is 13.4. The third-order valence-electron chi connectivity index (χ3n) is 7.05. The number of halogens is 1. The van der Waals surface area contributed by atoms with Gasteiger partial charge in [0.2, 0.25) is 0 Å². The van der Waals surface area contributed by atoms with Gasteiger partial charge in [0.1, 0.15) is 17.2 Å². The van der Waals surface area contributed by atoms with E-state index in [1.165, 1.54) is 6.39 Å². The third-order valence-corrected chi connectivity index (χ3v) is 7.89. The minimum absolute atomic E-state index is 0.200. The molecule has 12 heteroatoms. The van der Waals surface area contributed by atoms with Crippen LogP contribution in [0.3, 0.4) is 0 Å². The second-order valence-corrected chi connectivity index (χ2v) is 13.7. The fraction of sp³-hybridized carbons (Fsp3) is 0.406. The van der Waals surface area contributed by atoms with E-state index in [0.29, 0.717) is 36.5 Å². The molecule has 44 heavy (non-hydrogen) atoms. The number of benzene rings is 2. The van der Waals surface area contributed by atoms with Crippen LogP contribution in [0.15, 0.2) is 47.3 Å². The van der Waals surface area contributed by atoms with E-state index in [-0.39, 0.29) is 40.6 Å². The molecule has 0 aliphatic rings. The maximum Gasteiger partial charge on any atom is 0.273 e. The average molecular weight is 715 g/mol. The maximum absolute atomic E-state index is 13.1. The summed E-state index contributed by atoms with van der Waals surface area (Å²) in [5, 5.41) is 25.0. The zero-order valence-electron chi connectivity index (χ0n) is 26.1. The summed E-state index contributed by atoms with van der Waals surface area (Å²) in [6, 6.07) is 9.02. The molecule has 234 valence electrons. The number of methoxy groups -OCH3 is 1. The highest BCUT2D eigenvalue weighted by Crippen LogP contribution is 2.39. The Morgan fingerprint density at radius 2 is 1.70 bits per heavy atom. The number of carbonyl (C=O) groups excluding carboxylic acids is 2. The second-order valence-electron chi connectivity index (χ2n) is 12.6. The van der Waals surface area contributed by atoms with Gasteiger partial charge in [0, 0.05) is 35.3 Å². The van der Waals surface area contributed by atoms with Crippen LogP contribution in [0.25, 0.3) is 11.3 Å². The second kappa shape index (κ2) is 13.4. The normalized spacial score (nSPS) is 11.8. The summed E-state index contributed by atoms with van der Waals surface area (Å²) in [6.07, 6.45) is 3.63. The molecule has 0 saturated heterocycles. The van der Waals surface area contributed by atoms with Crippen molar-refractivity contribution in [2.45, 2.75) is 71.9 Å². The number of hydrogen-bond donors (Lipinski definition) is 3. The molecule has 2 aromatic carbocycles. The number of aromatic hydroxyl groups is 1. The standard InChI is InChI=1S/C32H39IN6O5/c1-31(2,3)22-13-20(14-23(27(22)40)32(4,5)6)29(41)35-16-21-17-39(38-37-21)12-8-11-34-30(42)26-28(44-18-36-26)19-9-10-25(43-7)24(33)15-19/h9-10,13-15,17-18,40H,8,11-12,16H2,1-7H3,(H,34,42)(H,35,41). The van der Waals surface area contributed by atoms with Crippen LogP contribution in [-0.4, -0.2) is 50.6 Å². The number of aromatic nitrogens is 4. The zero-order valence-corrected chi connectivity index (χ0v) is 28.3. The number of ether oxygens (including phenoxy) is 1. The molecular formula is C32H39IN6O5. The van der Waals surface area contributed by atoms with Gasteiger partial charge in [0.25, 0.3) is 11.8 Å².